The summed E-state index contributed by atoms with van der Waals surface area (Å²) in [6.07, 6.45) is 0.860. The standard InChI is InChI=1S/C22H27N5O2S/c1-15-18-20(27-11-9-25(2)10-12-27)23-14-24-21(18)30-19(15)22(29)26(3)13-17(28)16-7-5-4-6-8-16/h4-8,14,17,28H,9-13H2,1-3H3. The molecule has 1 atom stereocenters. The van der Waals surface area contributed by atoms with E-state index in [4.69, 9.17) is 0 Å². The lowest BCUT2D eigenvalue weighted by atomic mass is 10.1. The van der Waals surface area contributed by atoms with E-state index in [1.165, 1.54) is 11.3 Å². The number of likely N-dealkylation sites (N-methyl/N-ethyl adjacent to an activating group) is 2. The molecular formula is C22H27N5O2S. The molecule has 1 unspecified atom stereocenters. The Morgan fingerprint density at radius 2 is 1.90 bits per heavy atom. The second kappa shape index (κ2) is 8.67. The lowest BCUT2D eigenvalue weighted by Gasteiger charge is -2.33. The molecule has 2 aromatic heterocycles. The summed E-state index contributed by atoms with van der Waals surface area (Å²) < 4.78 is 0. The Morgan fingerprint density at radius 3 is 2.60 bits per heavy atom. The molecule has 1 fully saturated rings. The molecule has 3 heterocycles. The zero-order valence-corrected chi connectivity index (χ0v) is 18.4. The zero-order valence-electron chi connectivity index (χ0n) is 17.6. The summed E-state index contributed by atoms with van der Waals surface area (Å²) in [7, 11) is 3.85. The van der Waals surface area contributed by atoms with Crippen molar-refractivity contribution in [1.29, 1.82) is 0 Å². The van der Waals surface area contributed by atoms with Crippen LogP contribution in [0.4, 0.5) is 5.82 Å². The van der Waals surface area contributed by atoms with E-state index >= 15 is 0 Å². The molecule has 0 bridgehead atoms. The average molecular weight is 426 g/mol. The van der Waals surface area contributed by atoms with Crippen LogP contribution in [0.5, 0.6) is 0 Å². The molecule has 4 rings (SSSR count). The van der Waals surface area contributed by atoms with Gasteiger partial charge in [-0.2, -0.15) is 0 Å². The minimum absolute atomic E-state index is 0.102. The number of aliphatic hydroxyl groups excluding tert-OH is 1. The van der Waals surface area contributed by atoms with Gasteiger partial charge in [-0.1, -0.05) is 30.3 Å². The van der Waals surface area contributed by atoms with Gasteiger partial charge in [0, 0.05) is 33.2 Å². The number of hydrogen-bond donors (Lipinski definition) is 1. The van der Waals surface area contributed by atoms with Crippen LogP contribution >= 0.6 is 11.3 Å². The second-order valence-corrected chi connectivity index (χ2v) is 8.84. The lowest BCUT2D eigenvalue weighted by Crippen LogP contribution is -2.44. The number of amides is 1. The van der Waals surface area contributed by atoms with Gasteiger partial charge < -0.3 is 19.8 Å². The molecule has 30 heavy (non-hydrogen) atoms. The Bertz CT molecular complexity index is 1030. The third kappa shape index (κ3) is 4.03. The highest BCUT2D eigenvalue weighted by molar-refractivity contribution is 7.20. The van der Waals surface area contributed by atoms with Crippen molar-refractivity contribution in [2.24, 2.45) is 0 Å². The third-order valence-corrected chi connectivity index (χ3v) is 6.87. The Labute approximate surface area is 180 Å². The van der Waals surface area contributed by atoms with Crippen molar-refractivity contribution >= 4 is 33.3 Å². The van der Waals surface area contributed by atoms with Gasteiger partial charge in [0.2, 0.25) is 0 Å². The lowest BCUT2D eigenvalue weighted by molar-refractivity contribution is 0.0685. The van der Waals surface area contributed by atoms with Crippen LogP contribution < -0.4 is 4.90 Å². The largest absolute Gasteiger partial charge is 0.387 e. The first kappa shape index (κ1) is 20.7. The third-order valence-electron chi connectivity index (χ3n) is 5.68. The van der Waals surface area contributed by atoms with Crippen molar-refractivity contribution in [3.05, 3.63) is 52.7 Å². The molecule has 1 amide bonds. The van der Waals surface area contributed by atoms with Gasteiger partial charge in [0.05, 0.1) is 22.9 Å². The molecule has 8 heteroatoms. The summed E-state index contributed by atoms with van der Waals surface area (Å²) in [5.41, 5.74) is 1.71. The number of thiophene rings is 1. The molecule has 1 aromatic carbocycles. The van der Waals surface area contributed by atoms with Crippen LogP contribution in [-0.2, 0) is 0 Å². The van der Waals surface area contributed by atoms with E-state index in [-0.39, 0.29) is 12.5 Å². The number of nitrogens with zero attached hydrogens (tertiary/aromatic N) is 5. The number of aryl methyl sites for hydroxylation is 1. The number of anilines is 1. The monoisotopic (exact) mass is 425 g/mol. The van der Waals surface area contributed by atoms with Crippen LogP contribution in [0.25, 0.3) is 10.2 Å². The number of benzene rings is 1. The molecule has 158 valence electrons. The van der Waals surface area contributed by atoms with Gasteiger partial charge in [-0.15, -0.1) is 11.3 Å². The van der Waals surface area contributed by atoms with E-state index < -0.39 is 6.10 Å². The summed E-state index contributed by atoms with van der Waals surface area (Å²) in [5, 5.41) is 11.5. The maximum Gasteiger partial charge on any atom is 0.264 e. The van der Waals surface area contributed by atoms with Crippen LogP contribution in [0.1, 0.15) is 26.9 Å². The number of piperazine rings is 1. The molecule has 0 aliphatic carbocycles. The minimum Gasteiger partial charge on any atom is -0.387 e. The predicted octanol–water partition coefficient (Wildman–Crippen LogP) is 2.56. The number of rotatable bonds is 5. The van der Waals surface area contributed by atoms with Crippen molar-refractivity contribution < 1.29 is 9.90 Å². The smallest absolute Gasteiger partial charge is 0.264 e. The first-order valence-corrected chi connectivity index (χ1v) is 10.9. The van der Waals surface area contributed by atoms with Gasteiger partial charge in [-0.3, -0.25) is 4.79 Å². The Kier molecular flexibility index (Phi) is 5.99. The van der Waals surface area contributed by atoms with Crippen molar-refractivity contribution in [3.63, 3.8) is 0 Å². The first-order valence-electron chi connectivity index (χ1n) is 10.1. The molecule has 3 aromatic rings. The number of fused-ring (bicyclic) bond motifs is 1. The van der Waals surface area contributed by atoms with Crippen LogP contribution in [0.15, 0.2) is 36.7 Å². The van der Waals surface area contributed by atoms with Crippen molar-refractivity contribution in [2.75, 3.05) is 51.7 Å². The number of hydrogen-bond acceptors (Lipinski definition) is 7. The topological polar surface area (TPSA) is 72.8 Å². The predicted molar refractivity (Wildman–Crippen MR) is 120 cm³/mol. The van der Waals surface area contributed by atoms with E-state index in [2.05, 4.69) is 26.8 Å². The molecule has 0 saturated carbocycles. The number of aromatic nitrogens is 2. The summed E-state index contributed by atoms with van der Waals surface area (Å²) in [6, 6.07) is 9.41. The van der Waals surface area contributed by atoms with Gasteiger partial charge in [-0.05, 0) is 25.1 Å². The minimum atomic E-state index is -0.726. The van der Waals surface area contributed by atoms with Gasteiger partial charge in [0.15, 0.2) is 0 Å². The quantitative estimate of drug-likeness (QED) is 0.677. The molecule has 0 radical (unpaired) electrons. The highest BCUT2D eigenvalue weighted by Crippen LogP contribution is 2.35. The van der Waals surface area contributed by atoms with E-state index in [0.717, 1.165) is 53.3 Å². The molecule has 0 spiro atoms. The van der Waals surface area contributed by atoms with Crippen LogP contribution in [0.3, 0.4) is 0 Å². The van der Waals surface area contributed by atoms with Gasteiger partial charge in [-0.25, -0.2) is 9.97 Å². The first-order chi connectivity index (χ1) is 14.5. The summed E-state index contributed by atoms with van der Waals surface area (Å²) in [6.45, 7) is 5.99. The van der Waals surface area contributed by atoms with Crippen molar-refractivity contribution in [2.45, 2.75) is 13.0 Å². The number of carbonyl (C=O) groups is 1. The summed E-state index contributed by atoms with van der Waals surface area (Å²) in [4.78, 5) is 29.8. The van der Waals surface area contributed by atoms with Crippen LogP contribution in [0.2, 0.25) is 0 Å². The number of aliphatic hydroxyl groups is 1. The average Bonchev–Trinajstić information content (AvgIpc) is 3.11. The molecule has 1 aliphatic rings. The molecule has 1 aliphatic heterocycles. The summed E-state index contributed by atoms with van der Waals surface area (Å²) in [5.74, 6) is 0.808. The number of carbonyl (C=O) groups excluding carboxylic acids is 1. The summed E-state index contributed by atoms with van der Waals surface area (Å²) >= 11 is 1.40. The molecule has 1 saturated heterocycles. The highest BCUT2D eigenvalue weighted by atomic mass is 32.1. The second-order valence-electron chi connectivity index (χ2n) is 7.84. The maximum absolute atomic E-state index is 13.2. The normalized spacial score (nSPS) is 16.1. The van der Waals surface area contributed by atoms with E-state index in [1.54, 1.807) is 18.3 Å². The fourth-order valence-corrected chi connectivity index (χ4v) is 4.95. The van der Waals surface area contributed by atoms with Crippen LogP contribution in [0, 0.1) is 6.92 Å². The van der Waals surface area contributed by atoms with E-state index in [9.17, 15) is 9.90 Å². The fraction of sp³-hybridized carbons (Fsp3) is 0.409. The van der Waals surface area contributed by atoms with Crippen molar-refractivity contribution in [3.8, 4) is 0 Å². The van der Waals surface area contributed by atoms with E-state index in [0.29, 0.717) is 4.88 Å². The SMILES string of the molecule is Cc1c(C(=O)N(C)CC(O)c2ccccc2)sc2ncnc(N3CCN(C)CC3)c12. The highest BCUT2D eigenvalue weighted by Gasteiger charge is 2.26. The van der Waals surface area contributed by atoms with Gasteiger partial charge >= 0.3 is 0 Å². The van der Waals surface area contributed by atoms with Crippen molar-refractivity contribution in [1.82, 2.24) is 19.8 Å². The Hall–Kier alpha value is -2.55. The fourth-order valence-electron chi connectivity index (χ4n) is 3.81. The Balaban J connectivity index is 1.59. The molecular weight excluding hydrogens is 398 g/mol. The van der Waals surface area contributed by atoms with E-state index in [1.807, 2.05) is 37.3 Å². The maximum atomic E-state index is 13.2. The molecule has 1 N–H and O–H groups in total. The van der Waals surface area contributed by atoms with Gasteiger partial charge in [0.25, 0.3) is 5.91 Å². The molecule has 7 nitrogen and oxygen atoms in total. The van der Waals surface area contributed by atoms with Gasteiger partial charge in [0.1, 0.15) is 17.0 Å². The van der Waals surface area contributed by atoms with Crippen LogP contribution in [-0.4, -0.2) is 77.6 Å². The Morgan fingerprint density at radius 1 is 1.20 bits per heavy atom. The zero-order chi connectivity index (χ0) is 21.3.